The minimum atomic E-state index is -3.59. The molecule has 3 rings (SSSR count). The summed E-state index contributed by atoms with van der Waals surface area (Å²) in [5.74, 6) is -0.969. The number of amides is 2. The maximum atomic E-state index is 12.7. The molecule has 9 nitrogen and oxygen atoms in total. The van der Waals surface area contributed by atoms with Crippen LogP contribution in [0.3, 0.4) is 0 Å². The van der Waals surface area contributed by atoms with E-state index in [1.165, 1.54) is 11.3 Å². The number of benzene rings is 1. The van der Waals surface area contributed by atoms with Gasteiger partial charge in [0.05, 0.1) is 15.7 Å². The number of aromatic nitrogens is 3. The molecule has 2 aromatic heterocycles. The van der Waals surface area contributed by atoms with Gasteiger partial charge >= 0.3 is 0 Å². The average molecular weight is 508 g/mol. The number of rotatable bonds is 8. The van der Waals surface area contributed by atoms with Gasteiger partial charge in [-0.1, -0.05) is 29.5 Å². The highest BCUT2D eigenvalue weighted by atomic mass is 32.2. The number of thiophene rings is 1. The van der Waals surface area contributed by atoms with Gasteiger partial charge in [0.1, 0.15) is 16.6 Å². The Morgan fingerprint density at radius 2 is 1.82 bits per heavy atom. The highest BCUT2D eigenvalue weighted by Gasteiger charge is 2.25. The maximum Gasteiger partial charge on any atom is 0.251 e. The number of nitrogens with two attached hydrogens (primary N) is 1. The summed E-state index contributed by atoms with van der Waals surface area (Å²) in [5.41, 5.74) is 7.49. The lowest BCUT2D eigenvalue weighted by molar-refractivity contribution is -0.115. The molecule has 1 atom stereocenters. The van der Waals surface area contributed by atoms with Crippen molar-refractivity contribution >= 4 is 49.8 Å². The van der Waals surface area contributed by atoms with Gasteiger partial charge in [0, 0.05) is 11.9 Å². The Labute approximate surface area is 200 Å². The fourth-order valence-corrected chi connectivity index (χ4v) is 6.22. The number of anilines is 1. The summed E-state index contributed by atoms with van der Waals surface area (Å²) in [6.45, 7) is 7.21. The molecule has 3 N–H and O–H groups in total. The first-order valence-electron chi connectivity index (χ1n) is 9.95. The molecule has 1 aromatic carbocycles. The molecule has 3 aromatic rings. The number of hydrogen-bond acceptors (Lipinski definition) is 8. The SMILES string of the molecule is Cc1ccc(S(=O)(=O)Cc2nnc(SC(C)C(=O)Nc3sc(C)c(C)c3C(N)=O)n2C)cc1. The van der Waals surface area contributed by atoms with Gasteiger partial charge < -0.3 is 15.6 Å². The van der Waals surface area contributed by atoms with Crippen molar-refractivity contribution < 1.29 is 18.0 Å². The van der Waals surface area contributed by atoms with Crippen molar-refractivity contribution in [2.75, 3.05) is 5.32 Å². The van der Waals surface area contributed by atoms with Crippen LogP contribution in [0.5, 0.6) is 0 Å². The topological polar surface area (TPSA) is 137 Å². The molecule has 0 aliphatic heterocycles. The zero-order valence-electron chi connectivity index (χ0n) is 18.9. The first-order chi connectivity index (χ1) is 15.4. The van der Waals surface area contributed by atoms with E-state index < -0.39 is 21.0 Å². The van der Waals surface area contributed by atoms with Gasteiger partial charge in [-0.15, -0.1) is 21.5 Å². The van der Waals surface area contributed by atoms with Crippen LogP contribution in [0.1, 0.15) is 39.1 Å². The van der Waals surface area contributed by atoms with E-state index in [-0.39, 0.29) is 22.4 Å². The Hall–Kier alpha value is -2.70. The lowest BCUT2D eigenvalue weighted by atomic mass is 10.1. The number of aryl methyl sites for hydroxylation is 2. The molecule has 0 radical (unpaired) electrons. The third kappa shape index (κ3) is 5.45. The molecule has 0 spiro atoms. The van der Waals surface area contributed by atoms with Crippen molar-refractivity contribution in [2.24, 2.45) is 12.8 Å². The number of hydrogen-bond donors (Lipinski definition) is 2. The largest absolute Gasteiger partial charge is 0.365 e. The van der Waals surface area contributed by atoms with Crippen LogP contribution in [-0.4, -0.2) is 40.2 Å². The number of thioether (sulfide) groups is 1. The molecule has 0 fully saturated rings. The predicted molar refractivity (Wildman–Crippen MR) is 129 cm³/mol. The summed E-state index contributed by atoms with van der Waals surface area (Å²) in [4.78, 5) is 25.6. The van der Waals surface area contributed by atoms with E-state index in [9.17, 15) is 18.0 Å². The Morgan fingerprint density at radius 3 is 2.42 bits per heavy atom. The summed E-state index contributed by atoms with van der Waals surface area (Å²) < 4.78 is 27.0. The first kappa shape index (κ1) is 24.9. The number of primary amides is 1. The molecular formula is C21H25N5O4S3. The van der Waals surface area contributed by atoms with Gasteiger partial charge in [-0.25, -0.2) is 8.42 Å². The van der Waals surface area contributed by atoms with Crippen LogP contribution in [0.15, 0.2) is 34.3 Å². The van der Waals surface area contributed by atoms with Crippen LogP contribution < -0.4 is 11.1 Å². The van der Waals surface area contributed by atoms with E-state index in [0.717, 1.165) is 27.8 Å². The van der Waals surface area contributed by atoms with Crippen LogP contribution in [-0.2, 0) is 27.4 Å². The fraction of sp³-hybridized carbons (Fsp3) is 0.333. The zero-order valence-corrected chi connectivity index (χ0v) is 21.3. The minimum absolute atomic E-state index is 0.213. The molecular weight excluding hydrogens is 482 g/mol. The van der Waals surface area contributed by atoms with Gasteiger partial charge in [0.15, 0.2) is 15.0 Å². The van der Waals surface area contributed by atoms with Crippen LogP contribution in [0, 0.1) is 20.8 Å². The first-order valence-corrected chi connectivity index (χ1v) is 13.3. The van der Waals surface area contributed by atoms with Gasteiger partial charge in [-0.3, -0.25) is 9.59 Å². The van der Waals surface area contributed by atoms with Crippen molar-refractivity contribution in [3.8, 4) is 0 Å². The molecule has 12 heteroatoms. The summed E-state index contributed by atoms with van der Waals surface area (Å²) in [6, 6.07) is 6.62. The quantitative estimate of drug-likeness (QED) is 0.447. The third-order valence-electron chi connectivity index (χ3n) is 5.14. The second-order valence-electron chi connectivity index (χ2n) is 7.63. The fourth-order valence-electron chi connectivity index (χ4n) is 3.01. The van der Waals surface area contributed by atoms with Crippen molar-refractivity contribution in [1.29, 1.82) is 0 Å². The van der Waals surface area contributed by atoms with Crippen molar-refractivity contribution in [2.45, 2.75) is 48.7 Å². The third-order valence-corrected chi connectivity index (χ3v) is 9.03. The highest BCUT2D eigenvalue weighted by molar-refractivity contribution is 8.00. The number of sulfone groups is 1. The summed E-state index contributed by atoms with van der Waals surface area (Å²) in [5, 5.41) is 11.1. The molecule has 0 saturated carbocycles. The van der Waals surface area contributed by atoms with Gasteiger partial charge in [-0.05, 0) is 45.4 Å². The smallest absolute Gasteiger partial charge is 0.251 e. The monoisotopic (exact) mass is 507 g/mol. The average Bonchev–Trinajstić information content (AvgIpc) is 3.21. The molecule has 0 aliphatic carbocycles. The Morgan fingerprint density at radius 1 is 1.18 bits per heavy atom. The summed E-state index contributed by atoms with van der Waals surface area (Å²) >= 11 is 2.43. The van der Waals surface area contributed by atoms with Crippen LogP contribution >= 0.6 is 23.1 Å². The van der Waals surface area contributed by atoms with E-state index in [0.29, 0.717) is 15.7 Å². The van der Waals surface area contributed by atoms with Crippen LogP contribution in [0.4, 0.5) is 5.00 Å². The predicted octanol–water partition coefficient (Wildman–Crippen LogP) is 2.99. The van der Waals surface area contributed by atoms with Crippen molar-refractivity contribution in [1.82, 2.24) is 14.8 Å². The highest BCUT2D eigenvalue weighted by Crippen LogP contribution is 2.33. The standard InChI is InChI=1S/C21H25N5O4S3/c1-11-6-8-15(9-7-11)33(29,30)10-16-24-25-21(26(16)5)32-14(4)19(28)23-20-17(18(22)27)12(2)13(3)31-20/h6-9,14H,10H2,1-5H3,(H2,22,27)(H,23,28). The lowest BCUT2D eigenvalue weighted by Gasteiger charge is -2.12. The van der Waals surface area contributed by atoms with E-state index in [2.05, 4.69) is 15.5 Å². The van der Waals surface area contributed by atoms with Crippen LogP contribution in [0.25, 0.3) is 0 Å². The number of nitrogens with one attached hydrogen (secondary N) is 1. The molecule has 2 heterocycles. The van der Waals surface area contributed by atoms with E-state index in [1.807, 2.05) is 13.8 Å². The molecule has 33 heavy (non-hydrogen) atoms. The molecule has 0 saturated heterocycles. The number of carbonyl (C=O) groups excluding carboxylic acids is 2. The molecule has 176 valence electrons. The zero-order chi connectivity index (χ0) is 24.5. The molecule has 0 aliphatic rings. The second-order valence-corrected chi connectivity index (χ2v) is 12.2. The van der Waals surface area contributed by atoms with E-state index in [4.69, 9.17) is 5.73 Å². The Bertz CT molecular complexity index is 1310. The molecule has 0 bridgehead atoms. The summed E-state index contributed by atoms with van der Waals surface area (Å²) in [6.07, 6.45) is 0. The lowest BCUT2D eigenvalue weighted by Crippen LogP contribution is -2.24. The van der Waals surface area contributed by atoms with E-state index >= 15 is 0 Å². The Kier molecular flexibility index (Phi) is 7.29. The van der Waals surface area contributed by atoms with Gasteiger partial charge in [0.25, 0.3) is 5.91 Å². The van der Waals surface area contributed by atoms with Gasteiger partial charge in [-0.2, -0.15) is 0 Å². The van der Waals surface area contributed by atoms with Crippen molar-refractivity contribution in [3.05, 3.63) is 51.7 Å². The normalized spacial score (nSPS) is 12.5. The van der Waals surface area contributed by atoms with Gasteiger partial charge in [0.2, 0.25) is 5.91 Å². The summed E-state index contributed by atoms with van der Waals surface area (Å²) in [7, 11) is -1.94. The van der Waals surface area contributed by atoms with E-state index in [1.54, 1.807) is 49.7 Å². The second kappa shape index (κ2) is 9.65. The molecule has 2 amide bonds. The number of nitrogens with zero attached hydrogens (tertiary/aromatic N) is 3. The minimum Gasteiger partial charge on any atom is -0.365 e. The van der Waals surface area contributed by atoms with Crippen molar-refractivity contribution in [3.63, 3.8) is 0 Å². The Balaban J connectivity index is 1.72. The molecule has 1 unspecified atom stereocenters. The van der Waals surface area contributed by atoms with Crippen LogP contribution in [0.2, 0.25) is 0 Å². The maximum absolute atomic E-state index is 12.7. The number of carbonyl (C=O) groups is 2.